The molecule has 0 radical (unpaired) electrons. The average molecular weight is 480 g/mol. The number of nitrogens with one attached hydrogen (secondary N) is 1. The highest BCUT2D eigenvalue weighted by Crippen LogP contribution is 2.37. The van der Waals surface area contributed by atoms with Gasteiger partial charge in [-0.3, -0.25) is 9.69 Å². The molecule has 3 aromatic rings. The molecule has 0 aromatic carbocycles. The summed E-state index contributed by atoms with van der Waals surface area (Å²) < 4.78 is 5.53. The molecule has 7 nitrogen and oxygen atoms in total. The number of hydrogen-bond donors (Lipinski definition) is 1. The van der Waals surface area contributed by atoms with Crippen molar-refractivity contribution in [1.29, 1.82) is 0 Å². The van der Waals surface area contributed by atoms with E-state index in [0.717, 1.165) is 74.5 Å². The Morgan fingerprint density at radius 2 is 1.85 bits per heavy atom. The molecule has 1 N–H and O–H groups in total. The van der Waals surface area contributed by atoms with Crippen LogP contribution in [0.25, 0.3) is 22.3 Å². The third-order valence-electron chi connectivity index (χ3n) is 7.89. The molecular formula is C26H33N5O2S. The molecule has 0 bridgehead atoms. The van der Waals surface area contributed by atoms with Crippen LogP contribution < -0.4 is 0 Å². The van der Waals surface area contributed by atoms with E-state index in [1.54, 1.807) is 0 Å². The van der Waals surface area contributed by atoms with Crippen LogP contribution in [0, 0.1) is 0 Å². The second-order valence-electron chi connectivity index (χ2n) is 9.91. The summed E-state index contributed by atoms with van der Waals surface area (Å²) in [6.07, 6.45) is 12.3. The van der Waals surface area contributed by atoms with Crippen LogP contribution in [0.4, 0.5) is 0 Å². The van der Waals surface area contributed by atoms with E-state index in [1.165, 1.54) is 49.0 Å². The SMILES string of the molecule is O=C(c1nc(-c2c[nH]c3ncc([C@H]4CC[C@H](N5CCOCC5)CC4)cc23)cs1)N1CCCCC1. The number of ether oxygens (including phenoxy) is 1. The summed E-state index contributed by atoms with van der Waals surface area (Å²) in [5.41, 5.74) is 4.12. The van der Waals surface area contributed by atoms with Crippen molar-refractivity contribution >= 4 is 28.3 Å². The van der Waals surface area contributed by atoms with Crippen molar-refractivity contribution in [2.45, 2.75) is 56.9 Å². The molecule has 2 aliphatic heterocycles. The molecule has 5 heterocycles. The summed E-state index contributed by atoms with van der Waals surface area (Å²) >= 11 is 1.45. The van der Waals surface area contributed by atoms with Gasteiger partial charge in [-0.1, -0.05) is 0 Å². The molecule has 2 saturated heterocycles. The molecule has 8 heteroatoms. The largest absolute Gasteiger partial charge is 0.379 e. The van der Waals surface area contributed by atoms with Crippen molar-refractivity contribution in [1.82, 2.24) is 24.8 Å². The smallest absolute Gasteiger partial charge is 0.282 e. The first-order valence-corrected chi connectivity index (χ1v) is 13.7. The van der Waals surface area contributed by atoms with Crippen LogP contribution in [0.2, 0.25) is 0 Å². The Kier molecular flexibility index (Phi) is 6.37. The van der Waals surface area contributed by atoms with Crippen molar-refractivity contribution in [3.8, 4) is 11.3 Å². The molecule has 0 spiro atoms. The zero-order chi connectivity index (χ0) is 22.9. The van der Waals surface area contributed by atoms with E-state index >= 15 is 0 Å². The maximum absolute atomic E-state index is 12.9. The van der Waals surface area contributed by atoms with Gasteiger partial charge in [0.1, 0.15) is 5.65 Å². The van der Waals surface area contributed by atoms with Crippen molar-refractivity contribution in [2.75, 3.05) is 39.4 Å². The van der Waals surface area contributed by atoms with Crippen LogP contribution >= 0.6 is 11.3 Å². The van der Waals surface area contributed by atoms with Crippen molar-refractivity contribution < 1.29 is 9.53 Å². The summed E-state index contributed by atoms with van der Waals surface area (Å²) in [6.45, 7) is 5.60. The second-order valence-corrected chi connectivity index (χ2v) is 10.8. The van der Waals surface area contributed by atoms with E-state index in [1.807, 2.05) is 16.5 Å². The van der Waals surface area contributed by atoms with Crippen LogP contribution in [0.1, 0.15) is 66.2 Å². The molecule has 3 fully saturated rings. The number of thiazole rings is 1. The normalized spacial score (nSPS) is 24.5. The summed E-state index contributed by atoms with van der Waals surface area (Å²) in [4.78, 5) is 30.3. The van der Waals surface area contributed by atoms with Gasteiger partial charge < -0.3 is 14.6 Å². The summed E-state index contributed by atoms with van der Waals surface area (Å²) in [5.74, 6) is 0.634. The number of fused-ring (bicyclic) bond motifs is 1. The molecular weight excluding hydrogens is 446 g/mol. The first kappa shape index (κ1) is 22.2. The second kappa shape index (κ2) is 9.76. The van der Waals surface area contributed by atoms with Gasteiger partial charge in [0.15, 0.2) is 5.01 Å². The molecule has 0 unspecified atom stereocenters. The number of amides is 1. The lowest BCUT2D eigenvalue weighted by Crippen LogP contribution is -2.44. The fraction of sp³-hybridized carbons (Fsp3) is 0.577. The average Bonchev–Trinajstić information content (AvgIpc) is 3.56. The van der Waals surface area contributed by atoms with Gasteiger partial charge in [-0.05, 0) is 62.5 Å². The third kappa shape index (κ3) is 4.39. The summed E-state index contributed by atoms with van der Waals surface area (Å²) in [6, 6.07) is 3.00. The number of pyridine rings is 1. The van der Waals surface area contributed by atoms with Gasteiger partial charge in [0.25, 0.3) is 5.91 Å². The molecule has 6 rings (SSSR count). The predicted molar refractivity (Wildman–Crippen MR) is 134 cm³/mol. The van der Waals surface area contributed by atoms with Gasteiger partial charge in [-0.2, -0.15) is 0 Å². The Labute approximate surface area is 204 Å². The van der Waals surface area contributed by atoms with Gasteiger partial charge in [0.2, 0.25) is 0 Å². The first-order chi connectivity index (χ1) is 16.8. The molecule has 180 valence electrons. The molecule has 1 saturated carbocycles. The lowest BCUT2D eigenvalue weighted by Gasteiger charge is -2.38. The number of aromatic nitrogens is 3. The number of piperidine rings is 1. The highest BCUT2D eigenvalue weighted by molar-refractivity contribution is 7.12. The van der Waals surface area contributed by atoms with E-state index in [-0.39, 0.29) is 5.91 Å². The van der Waals surface area contributed by atoms with Crippen molar-refractivity contribution in [3.63, 3.8) is 0 Å². The molecule has 3 aromatic heterocycles. The zero-order valence-electron chi connectivity index (χ0n) is 19.7. The number of nitrogens with zero attached hydrogens (tertiary/aromatic N) is 4. The molecule has 3 aliphatic rings. The molecule has 34 heavy (non-hydrogen) atoms. The fourth-order valence-corrected chi connectivity index (χ4v) is 6.68. The number of likely N-dealkylation sites (tertiary alicyclic amines) is 1. The Hall–Kier alpha value is -2.29. The van der Waals surface area contributed by atoms with Gasteiger partial charge in [-0.15, -0.1) is 11.3 Å². The number of carbonyl (C=O) groups is 1. The first-order valence-electron chi connectivity index (χ1n) is 12.8. The highest BCUT2D eigenvalue weighted by Gasteiger charge is 2.28. The third-order valence-corrected chi connectivity index (χ3v) is 8.72. The maximum Gasteiger partial charge on any atom is 0.282 e. The van der Waals surface area contributed by atoms with Crippen LogP contribution in [0.3, 0.4) is 0 Å². The standard InChI is InChI=1S/C26H33N5O2S/c32-26(31-8-2-1-3-9-31)25-29-23(17-34-25)22-16-28-24-21(22)14-19(15-27-24)18-4-6-20(7-5-18)30-10-12-33-13-11-30/h14-18,20H,1-13H2,(H,27,28)/t18-,20-. The van der Waals surface area contributed by atoms with E-state index in [2.05, 4.69) is 22.1 Å². The van der Waals surface area contributed by atoms with Crippen LogP contribution in [0.5, 0.6) is 0 Å². The number of hydrogen-bond acceptors (Lipinski definition) is 6. The Morgan fingerprint density at radius 3 is 2.65 bits per heavy atom. The lowest BCUT2D eigenvalue weighted by molar-refractivity contribution is 0.00729. The van der Waals surface area contributed by atoms with Crippen LogP contribution in [-0.2, 0) is 4.74 Å². The zero-order valence-corrected chi connectivity index (χ0v) is 20.5. The van der Waals surface area contributed by atoms with E-state index in [4.69, 9.17) is 14.7 Å². The number of carbonyl (C=O) groups excluding carboxylic acids is 1. The predicted octanol–water partition coefficient (Wildman–Crippen LogP) is 4.67. The minimum atomic E-state index is 0.0756. The fourth-order valence-electron chi connectivity index (χ4n) is 5.90. The number of rotatable bonds is 4. The molecule has 1 amide bonds. The minimum Gasteiger partial charge on any atom is -0.379 e. The summed E-state index contributed by atoms with van der Waals surface area (Å²) in [7, 11) is 0. The van der Waals surface area contributed by atoms with E-state index < -0.39 is 0 Å². The number of aromatic amines is 1. The quantitative estimate of drug-likeness (QED) is 0.589. The lowest BCUT2D eigenvalue weighted by atomic mass is 9.81. The van der Waals surface area contributed by atoms with Crippen molar-refractivity contribution in [2.24, 2.45) is 0 Å². The van der Waals surface area contributed by atoms with Gasteiger partial charge in [0, 0.05) is 60.9 Å². The molecule has 0 atom stereocenters. The number of morpholine rings is 1. The highest BCUT2D eigenvalue weighted by atomic mass is 32.1. The van der Waals surface area contributed by atoms with Crippen LogP contribution in [-0.4, -0.2) is 76.1 Å². The monoisotopic (exact) mass is 479 g/mol. The van der Waals surface area contributed by atoms with Gasteiger partial charge >= 0.3 is 0 Å². The Balaban J connectivity index is 1.18. The van der Waals surface area contributed by atoms with Gasteiger partial charge in [-0.25, -0.2) is 9.97 Å². The van der Waals surface area contributed by atoms with Crippen molar-refractivity contribution in [3.05, 3.63) is 34.4 Å². The number of H-pyrrole nitrogens is 1. The maximum atomic E-state index is 12.9. The Morgan fingerprint density at radius 1 is 1.06 bits per heavy atom. The molecule has 1 aliphatic carbocycles. The van der Waals surface area contributed by atoms with E-state index in [9.17, 15) is 4.79 Å². The Bertz CT molecular complexity index is 1140. The topological polar surface area (TPSA) is 74.3 Å². The summed E-state index contributed by atoms with van der Waals surface area (Å²) in [5, 5.41) is 3.71. The van der Waals surface area contributed by atoms with Gasteiger partial charge in [0.05, 0.1) is 18.9 Å². The minimum absolute atomic E-state index is 0.0756. The van der Waals surface area contributed by atoms with E-state index in [0.29, 0.717) is 17.0 Å². The van der Waals surface area contributed by atoms with Crippen LogP contribution in [0.15, 0.2) is 23.8 Å².